The first-order valence-electron chi connectivity index (χ1n) is 7.40. The van der Waals surface area contributed by atoms with Crippen LogP contribution in [0.1, 0.15) is 12.5 Å². The molecule has 0 unspecified atom stereocenters. The number of amides is 1. The van der Waals surface area contributed by atoms with Gasteiger partial charge >= 0.3 is 0 Å². The van der Waals surface area contributed by atoms with Crippen molar-refractivity contribution < 1.29 is 19.0 Å². The predicted octanol–water partition coefficient (Wildman–Crippen LogP) is 3.28. The van der Waals surface area contributed by atoms with Crippen LogP contribution in [0, 0.1) is 0 Å². The molecule has 0 fully saturated rings. The molecular weight excluding hydrogens is 294 g/mol. The van der Waals surface area contributed by atoms with Crippen molar-refractivity contribution in [3.05, 3.63) is 48.0 Å². The average molecular weight is 315 g/mol. The highest BCUT2D eigenvalue weighted by Crippen LogP contribution is 2.25. The number of hydrogen-bond donors (Lipinski definition) is 1. The summed E-state index contributed by atoms with van der Waals surface area (Å²) in [5, 5.41) is 2.86. The lowest BCUT2D eigenvalue weighted by Crippen LogP contribution is -2.15. The second-order valence-electron chi connectivity index (χ2n) is 4.86. The number of ether oxygens (including phenoxy) is 3. The molecule has 0 aromatic heterocycles. The summed E-state index contributed by atoms with van der Waals surface area (Å²) >= 11 is 0. The van der Waals surface area contributed by atoms with Gasteiger partial charge in [0.25, 0.3) is 0 Å². The maximum Gasteiger partial charge on any atom is 0.228 e. The van der Waals surface area contributed by atoms with Crippen molar-refractivity contribution in [1.29, 1.82) is 0 Å². The lowest BCUT2D eigenvalue weighted by Gasteiger charge is -2.11. The van der Waals surface area contributed by atoms with E-state index in [4.69, 9.17) is 14.2 Å². The number of methoxy groups -OCH3 is 2. The minimum Gasteiger partial charge on any atom is -0.497 e. The Morgan fingerprint density at radius 2 is 1.70 bits per heavy atom. The Hall–Kier alpha value is -2.69. The van der Waals surface area contributed by atoms with E-state index < -0.39 is 0 Å². The van der Waals surface area contributed by atoms with Crippen molar-refractivity contribution in [3.63, 3.8) is 0 Å². The van der Waals surface area contributed by atoms with Gasteiger partial charge in [-0.1, -0.05) is 0 Å². The largest absolute Gasteiger partial charge is 0.497 e. The monoisotopic (exact) mass is 315 g/mol. The molecule has 0 radical (unpaired) electrons. The highest BCUT2D eigenvalue weighted by molar-refractivity contribution is 5.92. The first kappa shape index (κ1) is 16.7. The van der Waals surface area contributed by atoms with Crippen molar-refractivity contribution in [2.24, 2.45) is 0 Å². The van der Waals surface area contributed by atoms with Crippen LogP contribution in [0.15, 0.2) is 42.5 Å². The normalized spacial score (nSPS) is 10.0. The van der Waals surface area contributed by atoms with Gasteiger partial charge in [0.05, 0.1) is 27.2 Å². The molecule has 0 atom stereocenters. The van der Waals surface area contributed by atoms with E-state index in [1.807, 2.05) is 31.2 Å². The molecule has 2 rings (SSSR count). The number of rotatable bonds is 7. The van der Waals surface area contributed by atoms with Crippen LogP contribution in [0.2, 0.25) is 0 Å². The van der Waals surface area contributed by atoms with E-state index in [1.54, 1.807) is 32.4 Å². The standard InChI is InChI=1S/C18H21NO4/c1-4-23-15-7-5-14(6-8-15)19-18(20)12-13-11-16(21-2)9-10-17(13)22-3/h5-11H,4,12H2,1-3H3,(H,19,20). The quantitative estimate of drug-likeness (QED) is 0.852. The molecular formula is C18H21NO4. The maximum atomic E-state index is 12.2. The molecule has 5 nitrogen and oxygen atoms in total. The molecule has 0 spiro atoms. The van der Waals surface area contributed by atoms with Crippen molar-refractivity contribution in [3.8, 4) is 17.2 Å². The molecule has 23 heavy (non-hydrogen) atoms. The van der Waals surface area contributed by atoms with Gasteiger partial charge in [0.2, 0.25) is 5.91 Å². The Morgan fingerprint density at radius 3 is 2.30 bits per heavy atom. The summed E-state index contributed by atoms with van der Waals surface area (Å²) in [6.45, 7) is 2.54. The summed E-state index contributed by atoms with van der Waals surface area (Å²) in [7, 11) is 3.17. The first-order chi connectivity index (χ1) is 11.2. The SMILES string of the molecule is CCOc1ccc(NC(=O)Cc2cc(OC)ccc2OC)cc1. The molecule has 122 valence electrons. The van der Waals surface area contributed by atoms with Crippen molar-refractivity contribution in [1.82, 2.24) is 0 Å². The number of hydrogen-bond acceptors (Lipinski definition) is 4. The van der Waals surface area contributed by atoms with Gasteiger partial charge in [0.1, 0.15) is 17.2 Å². The highest BCUT2D eigenvalue weighted by Gasteiger charge is 2.10. The summed E-state index contributed by atoms with van der Waals surface area (Å²) in [5.41, 5.74) is 1.50. The Balaban J connectivity index is 2.04. The molecule has 1 N–H and O–H groups in total. The second-order valence-corrected chi connectivity index (χ2v) is 4.86. The zero-order valence-electron chi connectivity index (χ0n) is 13.6. The van der Waals surface area contributed by atoms with Crippen LogP contribution in [0.5, 0.6) is 17.2 Å². The summed E-state index contributed by atoms with van der Waals surface area (Å²) in [6.07, 6.45) is 0.202. The topological polar surface area (TPSA) is 56.8 Å². The summed E-state index contributed by atoms with van der Waals surface area (Å²) in [4.78, 5) is 12.2. The third kappa shape index (κ3) is 4.64. The van der Waals surface area contributed by atoms with Crippen LogP contribution in [0.3, 0.4) is 0 Å². The molecule has 0 bridgehead atoms. The third-order valence-corrected chi connectivity index (χ3v) is 3.29. The van der Waals surface area contributed by atoms with Gasteiger partial charge in [-0.05, 0) is 49.4 Å². The van der Waals surface area contributed by atoms with E-state index in [2.05, 4.69) is 5.32 Å². The van der Waals surface area contributed by atoms with E-state index in [0.29, 0.717) is 18.1 Å². The molecule has 0 saturated carbocycles. The summed E-state index contributed by atoms with van der Waals surface area (Å²) in [5.74, 6) is 2.00. The molecule has 2 aromatic rings. The minimum atomic E-state index is -0.124. The smallest absolute Gasteiger partial charge is 0.228 e. The Morgan fingerprint density at radius 1 is 1.00 bits per heavy atom. The number of carbonyl (C=O) groups excluding carboxylic acids is 1. The van der Waals surface area contributed by atoms with Gasteiger partial charge in [-0.3, -0.25) is 4.79 Å². The lowest BCUT2D eigenvalue weighted by molar-refractivity contribution is -0.115. The molecule has 1 amide bonds. The van der Waals surface area contributed by atoms with E-state index in [9.17, 15) is 4.79 Å². The van der Waals surface area contributed by atoms with Crippen molar-refractivity contribution in [2.45, 2.75) is 13.3 Å². The van der Waals surface area contributed by atoms with E-state index in [0.717, 1.165) is 17.0 Å². The van der Waals surface area contributed by atoms with Gasteiger partial charge in [-0.2, -0.15) is 0 Å². The number of benzene rings is 2. The zero-order valence-corrected chi connectivity index (χ0v) is 13.6. The van der Waals surface area contributed by atoms with Gasteiger partial charge in [-0.25, -0.2) is 0 Å². The predicted molar refractivity (Wildman–Crippen MR) is 89.5 cm³/mol. The number of carbonyl (C=O) groups is 1. The molecule has 0 aliphatic carbocycles. The average Bonchev–Trinajstić information content (AvgIpc) is 2.56. The molecule has 5 heteroatoms. The fourth-order valence-electron chi connectivity index (χ4n) is 2.20. The third-order valence-electron chi connectivity index (χ3n) is 3.29. The van der Waals surface area contributed by atoms with Crippen molar-refractivity contribution >= 4 is 11.6 Å². The fourth-order valence-corrected chi connectivity index (χ4v) is 2.20. The van der Waals surface area contributed by atoms with E-state index in [1.165, 1.54) is 0 Å². The van der Waals surface area contributed by atoms with Crippen LogP contribution in [-0.4, -0.2) is 26.7 Å². The van der Waals surface area contributed by atoms with E-state index >= 15 is 0 Å². The number of anilines is 1. The van der Waals surface area contributed by atoms with Crippen LogP contribution in [-0.2, 0) is 11.2 Å². The fraction of sp³-hybridized carbons (Fsp3) is 0.278. The number of nitrogens with one attached hydrogen (secondary N) is 1. The molecule has 0 saturated heterocycles. The lowest BCUT2D eigenvalue weighted by atomic mass is 10.1. The van der Waals surface area contributed by atoms with Gasteiger partial charge in [0, 0.05) is 11.3 Å². The van der Waals surface area contributed by atoms with Crippen LogP contribution < -0.4 is 19.5 Å². The Labute approximate surface area is 136 Å². The van der Waals surface area contributed by atoms with Crippen LogP contribution in [0.4, 0.5) is 5.69 Å². The molecule has 0 aliphatic rings. The molecule has 0 aliphatic heterocycles. The molecule has 0 heterocycles. The second kappa shape index (κ2) is 8.08. The van der Waals surface area contributed by atoms with Crippen molar-refractivity contribution in [2.75, 3.05) is 26.1 Å². The van der Waals surface area contributed by atoms with Crippen LogP contribution in [0.25, 0.3) is 0 Å². The van der Waals surface area contributed by atoms with Gasteiger partial charge in [0.15, 0.2) is 0 Å². The summed E-state index contributed by atoms with van der Waals surface area (Å²) < 4.78 is 15.8. The van der Waals surface area contributed by atoms with Gasteiger partial charge in [-0.15, -0.1) is 0 Å². The molecule has 2 aromatic carbocycles. The summed E-state index contributed by atoms with van der Waals surface area (Å²) in [6, 6.07) is 12.7. The zero-order chi connectivity index (χ0) is 16.7. The Kier molecular flexibility index (Phi) is 5.86. The van der Waals surface area contributed by atoms with Gasteiger partial charge < -0.3 is 19.5 Å². The first-order valence-corrected chi connectivity index (χ1v) is 7.40. The Bertz CT molecular complexity index is 653. The van der Waals surface area contributed by atoms with E-state index in [-0.39, 0.29) is 12.3 Å². The van der Waals surface area contributed by atoms with Crippen LogP contribution >= 0.6 is 0 Å². The maximum absolute atomic E-state index is 12.2. The highest BCUT2D eigenvalue weighted by atomic mass is 16.5. The minimum absolute atomic E-state index is 0.124.